The quantitative estimate of drug-likeness (QED) is 0.789. The molecule has 6 heteroatoms. The Labute approximate surface area is 127 Å². The molecule has 0 atom stereocenters. The number of hydrogen-bond acceptors (Lipinski definition) is 4. The number of nitrogens with one attached hydrogen (secondary N) is 1. The molecule has 0 bridgehead atoms. The highest BCUT2D eigenvalue weighted by atomic mass is 32.2. The molecule has 0 aliphatic carbocycles. The number of rotatable bonds is 2. The van der Waals surface area contributed by atoms with E-state index in [1.807, 2.05) is 18.2 Å². The van der Waals surface area contributed by atoms with Gasteiger partial charge >= 0.3 is 0 Å². The third-order valence-corrected chi connectivity index (χ3v) is 5.70. The predicted molar refractivity (Wildman–Crippen MR) is 81.1 cm³/mol. The highest BCUT2D eigenvalue weighted by Gasteiger charge is 2.26. The molecule has 0 amide bonds. The second kappa shape index (κ2) is 4.51. The summed E-state index contributed by atoms with van der Waals surface area (Å²) in [5.74, 6) is 1.02. The number of hydrogen-bond donors (Lipinski definition) is 1. The van der Waals surface area contributed by atoms with Crippen LogP contribution in [0.1, 0.15) is 5.69 Å². The van der Waals surface area contributed by atoms with Gasteiger partial charge in [0, 0.05) is 22.7 Å². The Kier molecular flexibility index (Phi) is 2.71. The SMILES string of the molecule is Cc1[nH]c2ccccc2c1S(=O)(=O)c1ccc2c(c1)OCO2. The van der Waals surface area contributed by atoms with Gasteiger partial charge in [0.2, 0.25) is 16.6 Å². The first-order valence-corrected chi connectivity index (χ1v) is 8.28. The Morgan fingerprint density at radius 2 is 1.82 bits per heavy atom. The Bertz CT molecular complexity index is 989. The number of aryl methyl sites for hydroxylation is 1. The third-order valence-electron chi connectivity index (χ3n) is 3.76. The van der Waals surface area contributed by atoms with Gasteiger partial charge < -0.3 is 14.5 Å². The van der Waals surface area contributed by atoms with Crippen molar-refractivity contribution in [1.29, 1.82) is 0 Å². The van der Waals surface area contributed by atoms with Gasteiger partial charge in [-0.15, -0.1) is 0 Å². The molecule has 0 saturated heterocycles. The number of ether oxygens (including phenoxy) is 2. The number of sulfone groups is 1. The van der Waals surface area contributed by atoms with Crippen LogP contribution in [0, 0.1) is 6.92 Å². The average molecular weight is 315 g/mol. The summed E-state index contributed by atoms with van der Waals surface area (Å²) in [5, 5.41) is 0.692. The summed E-state index contributed by atoms with van der Waals surface area (Å²) in [6.07, 6.45) is 0. The lowest BCUT2D eigenvalue weighted by atomic mass is 10.2. The van der Waals surface area contributed by atoms with Crippen LogP contribution in [0.25, 0.3) is 10.9 Å². The number of fused-ring (bicyclic) bond motifs is 2. The van der Waals surface area contributed by atoms with Gasteiger partial charge in [0.05, 0.1) is 9.79 Å². The molecule has 2 heterocycles. The van der Waals surface area contributed by atoms with Crippen LogP contribution in [0.2, 0.25) is 0 Å². The van der Waals surface area contributed by atoms with Crippen molar-refractivity contribution < 1.29 is 17.9 Å². The molecular weight excluding hydrogens is 302 g/mol. The van der Waals surface area contributed by atoms with Crippen LogP contribution in [0.3, 0.4) is 0 Å². The molecule has 0 radical (unpaired) electrons. The van der Waals surface area contributed by atoms with E-state index in [0.717, 1.165) is 5.52 Å². The van der Waals surface area contributed by atoms with E-state index in [1.165, 1.54) is 6.07 Å². The number of benzene rings is 2. The van der Waals surface area contributed by atoms with Gasteiger partial charge in [0.25, 0.3) is 0 Å². The Morgan fingerprint density at radius 1 is 1.05 bits per heavy atom. The van der Waals surface area contributed by atoms with E-state index < -0.39 is 9.84 Å². The summed E-state index contributed by atoms with van der Waals surface area (Å²) < 4.78 is 36.5. The van der Waals surface area contributed by atoms with Crippen LogP contribution in [-0.2, 0) is 9.84 Å². The maximum atomic E-state index is 13.0. The summed E-state index contributed by atoms with van der Waals surface area (Å²) >= 11 is 0. The Morgan fingerprint density at radius 3 is 2.68 bits per heavy atom. The van der Waals surface area contributed by atoms with Crippen molar-refractivity contribution >= 4 is 20.7 Å². The summed E-state index contributed by atoms with van der Waals surface area (Å²) in [6, 6.07) is 12.0. The molecule has 0 spiro atoms. The zero-order valence-corrected chi connectivity index (χ0v) is 12.6. The molecule has 0 fully saturated rings. The van der Waals surface area contributed by atoms with Crippen LogP contribution in [0.4, 0.5) is 0 Å². The summed E-state index contributed by atoms with van der Waals surface area (Å²) in [6.45, 7) is 1.88. The van der Waals surface area contributed by atoms with Gasteiger partial charge in [-0.3, -0.25) is 0 Å². The fourth-order valence-electron chi connectivity index (χ4n) is 2.76. The molecule has 0 unspecified atom stereocenters. The summed E-state index contributed by atoms with van der Waals surface area (Å²) in [5.41, 5.74) is 1.43. The fraction of sp³-hybridized carbons (Fsp3) is 0.125. The normalized spacial score (nSPS) is 13.7. The van der Waals surface area contributed by atoms with Gasteiger partial charge in [-0.05, 0) is 25.1 Å². The molecule has 1 N–H and O–H groups in total. The first-order valence-electron chi connectivity index (χ1n) is 6.79. The standard InChI is InChI=1S/C16H13NO4S/c1-10-16(12-4-2-3-5-13(12)17-10)22(18,19)11-6-7-14-15(8-11)21-9-20-14/h2-8,17H,9H2,1H3. The molecule has 112 valence electrons. The second-order valence-electron chi connectivity index (χ2n) is 5.14. The molecule has 4 rings (SSSR count). The van der Waals surface area contributed by atoms with Gasteiger partial charge in [0.15, 0.2) is 11.5 Å². The summed E-state index contributed by atoms with van der Waals surface area (Å²) in [7, 11) is -3.64. The van der Waals surface area contributed by atoms with E-state index in [1.54, 1.807) is 25.1 Å². The molecule has 22 heavy (non-hydrogen) atoms. The lowest BCUT2D eigenvalue weighted by molar-refractivity contribution is 0.174. The monoisotopic (exact) mass is 315 g/mol. The van der Waals surface area contributed by atoms with Crippen molar-refractivity contribution in [1.82, 2.24) is 4.98 Å². The lowest BCUT2D eigenvalue weighted by Crippen LogP contribution is -2.03. The van der Waals surface area contributed by atoms with E-state index in [0.29, 0.717) is 27.5 Å². The molecule has 1 aromatic heterocycles. The average Bonchev–Trinajstić information content (AvgIpc) is 3.08. The van der Waals surface area contributed by atoms with E-state index >= 15 is 0 Å². The molecule has 0 saturated carbocycles. The largest absolute Gasteiger partial charge is 0.454 e. The minimum Gasteiger partial charge on any atom is -0.454 e. The van der Waals surface area contributed by atoms with Crippen LogP contribution < -0.4 is 9.47 Å². The molecule has 3 aromatic rings. The number of para-hydroxylation sites is 1. The van der Waals surface area contributed by atoms with E-state index in [9.17, 15) is 8.42 Å². The fourth-order valence-corrected chi connectivity index (χ4v) is 4.43. The smallest absolute Gasteiger partial charge is 0.231 e. The van der Waals surface area contributed by atoms with Crippen molar-refractivity contribution in [2.24, 2.45) is 0 Å². The molecular formula is C16H13NO4S. The second-order valence-corrected chi connectivity index (χ2v) is 7.03. The van der Waals surface area contributed by atoms with Crippen molar-refractivity contribution in [3.05, 3.63) is 48.2 Å². The number of H-pyrrole nitrogens is 1. The first kappa shape index (κ1) is 13.2. The highest BCUT2D eigenvalue weighted by Crippen LogP contribution is 2.37. The topological polar surface area (TPSA) is 68.4 Å². The van der Waals surface area contributed by atoms with E-state index in [-0.39, 0.29) is 11.7 Å². The van der Waals surface area contributed by atoms with Crippen molar-refractivity contribution in [2.45, 2.75) is 16.7 Å². The van der Waals surface area contributed by atoms with Crippen molar-refractivity contribution in [3.8, 4) is 11.5 Å². The van der Waals surface area contributed by atoms with E-state index in [2.05, 4.69) is 4.98 Å². The van der Waals surface area contributed by atoms with Crippen molar-refractivity contribution in [2.75, 3.05) is 6.79 Å². The van der Waals surface area contributed by atoms with Gasteiger partial charge in [-0.25, -0.2) is 8.42 Å². The predicted octanol–water partition coefficient (Wildman–Crippen LogP) is 3.04. The van der Waals surface area contributed by atoms with Gasteiger partial charge in [-0.2, -0.15) is 0 Å². The van der Waals surface area contributed by atoms with E-state index in [4.69, 9.17) is 9.47 Å². The van der Waals surface area contributed by atoms with Crippen LogP contribution in [-0.4, -0.2) is 20.2 Å². The lowest BCUT2D eigenvalue weighted by Gasteiger charge is -2.06. The minimum absolute atomic E-state index is 0.116. The molecule has 5 nitrogen and oxygen atoms in total. The number of aromatic nitrogens is 1. The van der Waals surface area contributed by atoms with Crippen LogP contribution in [0.15, 0.2) is 52.3 Å². The van der Waals surface area contributed by atoms with Gasteiger partial charge in [0.1, 0.15) is 0 Å². The molecule has 2 aromatic carbocycles. The molecule has 1 aliphatic rings. The van der Waals surface area contributed by atoms with Gasteiger partial charge in [-0.1, -0.05) is 18.2 Å². The molecule has 1 aliphatic heterocycles. The first-order chi connectivity index (χ1) is 10.6. The van der Waals surface area contributed by atoms with Crippen LogP contribution >= 0.6 is 0 Å². The maximum absolute atomic E-state index is 13.0. The number of aromatic amines is 1. The third kappa shape index (κ3) is 1.80. The maximum Gasteiger partial charge on any atom is 0.231 e. The Hall–Kier alpha value is -2.47. The van der Waals surface area contributed by atoms with Crippen molar-refractivity contribution in [3.63, 3.8) is 0 Å². The Balaban J connectivity index is 1.95. The minimum atomic E-state index is -3.64. The zero-order chi connectivity index (χ0) is 15.3. The summed E-state index contributed by atoms with van der Waals surface area (Å²) in [4.78, 5) is 3.63. The zero-order valence-electron chi connectivity index (χ0n) is 11.8. The van der Waals surface area contributed by atoms with Crippen LogP contribution in [0.5, 0.6) is 11.5 Å². The highest BCUT2D eigenvalue weighted by molar-refractivity contribution is 7.91.